The van der Waals surface area contributed by atoms with Crippen LogP contribution in [0.3, 0.4) is 0 Å². The van der Waals surface area contributed by atoms with Crippen LogP contribution in [-0.2, 0) is 0 Å². The van der Waals surface area contributed by atoms with Crippen molar-refractivity contribution in [2.24, 2.45) is 0 Å². The van der Waals surface area contributed by atoms with Gasteiger partial charge in [-0.2, -0.15) is 0 Å². The topological polar surface area (TPSA) is 0 Å². The van der Waals surface area contributed by atoms with Crippen molar-refractivity contribution in [3.8, 4) is 0 Å². The number of aryl methyl sites for hydroxylation is 2. The fourth-order valence-corrected chi connectivity index (χ4v) is 4.11. The molecule has 0 radical (unpaired) electrons. The van der Waals surface area contributed by atoms with E-state index in [1.165, 1.54) is 30.3 Å². The molecule has 0 nitrogen and oxygen atoms in total. The second-order valence-electron chi connectivity index (χ2n) is 3.86. The molecule has 2 rings (SSSR count). The summed E-state index contributed by atoms with van der Waals surface area (Å²) < 4.78 is 2.91. The van der Waals surface area contributed by atoms with E-state index in [9.17, 15) is 0 Å². The third kappa shape index (κ3) is 1.64. The normalized spacial score (nSPS) is 10.9. The number of rotatable bonds is 1. The van der Waals surface area contributed by atoms with Crippen LogP contribution in [0.1, 0.15) is 29.2 Å². The van der Waals surface area contributed by atoms with Gasteiger partial charge in [-0.1, -0.05) is 5.57 Å². The molecular weight excluding hydrogens is 208 g/mol. The van der Waals surface area contributed by atoms with Crippen molar-refractivity contribution in [3.63, 3.8) is 0 Å². The average Bonchev–Trinajstić information content (AvgIpc) is 2.53. The summed E-state index contributed by atoms with van der Waals surface area (Å²) in [6.07, 6.45) is 2.28. The van der Waals surface area contributed by atoms with Gasteiger partial charge in [-0.25, -0.2) is 0 Å². The van der Waals surface area contributed by atoms with Crippen LogP contribution in [0.15, 0.2) is 11.6 Å². The Morgan fingerprint density at radius 2 is 1.93 bits per heavy atom. The minimum absolute atomic E-state index is 1.37. The number of hydrogen-bond donors (Lipinski definition) is 0. The lowest BCUT2D eigenvalue weighted by molar-refractivity contribution is 1.42. The van der Waals surface area contributed by atoms with Crippen molar-refractivity contribution in [1.29, 1.82) is 0 Å². The molecule has 0 spiro atoms. The van der Waals surface area contributed by atoms with Crippen LogP contribution in [0.2, 0.25) is 0 Å². The molecule has 0 bridgehead atoms. The number of allylic oxidation sites excluding steroid dienone is 1. The number of thiophene rings is 2. The summed E-state index contributed by atoms with van der Waals surface area (Å²) in [5, 5.41) is 0. The molecule has 2 heterocycles. The van der Waals surface area contributed by atoms with Crippen molar-refractivity contribution in [2.45, 2.75) is 27.7 Å². The molecule has 0 amide bonds. The van der Waals surface area contributed by atoms with Gasteiger partial charge in [0.15, 0.2) is 0 Å². The monoisotopic (exact) mass is 222 g/mol. The second kappa shape index (κ2) is 3.52. The molecule has 74 valence electrons. The predicted molar refractivity (Wildman–Crippen MR) is 68.5 cm³/mol. The van der Waals surface area contributed by atoms with E-state index in [0.29, 0.717) is 0 Å². The van der Waals surface area contributed by atoms with E-state index in [2.05, 4.69) is 39.8 Å². The Balaban J connectivity index is 2.64. The zero-order valence-corrected chi connectivity index (χ0v) is 10.6. The molecule has 14 heavy (non-hydrogen) atoms. The Hall–Kier alpha value is -0.600. The zero-order valence-electron chi connectivity index (χ0n) is 8.97. The minimum Gasteiger partial charge on any atom is -0.139 e. The van der Waals surface area contributed by atoms with Crippen molar-refractivity contribution in [1.82, 2.24) is 0 Å². The fraction of sp³-hybridized carbons (Fsp3) is 0.333. The Morgan fingerprint density at radius 3 is 2.50 bits per heavy atom. The quantitative estimate of drug-likeness (QED) is 0.636. The van der Waals surface area contributed by atoms with Gasteiger partial charge in [0.25, 0.3) is 0 Å². The van der Waals surface area contributed by atoms with Crippen LogP contribution < -0.4 is 0 Å². The van der Waals surface area contributed by atoms with E-state index in [0.717, 1.165) is 0 Å². The molecule has 0 atom stereocenters. The average molecular weight is 222 g/mol. The molecule has 0 unspecified atom stereocenters. The molecule has 0 saturated carbocycles. The van der Waals surface area contributed by atoms with Gasteiger partial charge in [-0.05, 0) is 45.4 Å². The first-order valence-electron chi connectivity index (χ1n) is 4.72. The summed E-state index contributed by atoms with van der Waals surface area (Å²) in [5.74, 6) is 0. The molecule has 0 aliphatic rings. The summed E-state index contributed by atoms with van der Waals surface area (Å²) in [6, 6.07) is 2.29. The Bertz CT molecular complexity index is 494. The maximum Gasteiger partial charge on any atom is 0.0488 e. The second-order valence-corrected chi connectivity index (χ2v) is 6.20. The Morgan fingerprint density at radius 1 is 1.21 bits per heavy atom. The van der Waals surface area contributed by atoms with Gasteiger partial charge in [-0.3, -0.25) is 0 Å². The highest BCUT2D eigenvalue weighted by molar-refractivity contribution is 7.28. The van der Waals surface area contributed by atoms with E-state index in [1.54, 1.807) is 0 Å². The highest BCUT2D eigenvalue weighted by Gasteiger charge is 2.08. The first-order valence-corrected chi connectivity index (χ1v) is 6.35. The van der Waals surface area contributed by atoms with Crippen LogP contribution in [0.4, 0.5) is 0 Å². The highest BCUT2D eigenvalue weighted by Crippen LogP contribution is 2.37. The Kier molecular flexibility index (Phi) is 2.50. The minimum atomic E-state index is 1.37. The first kappa shape index (κ1) is 9.94. The number of hydrogen-bond acceptors (Lipinski definition) is 2. The molecule has 0 fully saturated rings. The van der Waals surface area contributed by atoms with Crippen LogP contribution in [0.5, 0.6) is 0 Å². The molecule has 0 aromatic carbocycles. The van der Waals surface area contributed by atoms with Gasteiger partial charge in [0.2, 0.25) is 0 Å². The summed E-state index contributed by atoms with van der Waals surface area (Å²) in [5.41, 5.74) is 2.82. The lowest BCUT2D eigenvalue weighted by Crippen LogP contribution is -1.70. The summed E-state index contributed by atoms with van der Waals surface area (Å²) in [7, 11) is 0. The van der Waals surface area contributed by atoms with Gasteiger partial charge in [0.1, 0.15) is 0 Å². The molecular formula is C12H14S2. The summed E-state index contributed by atoms with van der Waals surface area (Å²) >= 11 is 3.81. The molecule has 0 aliphatic carbocycles. The fourth-order valence-electron chi connectivity index (χ4n) is 1.53. The smallest absolute Gasteiger partial charge is 0.0488 e. The molecule has 2 heteroatoms. The maximum absolute atomic E-state index is 2.29. The van der Waals surface area contributed by atoms with Crippen LogP contribution in [-0.4, -0.2) is 0 Å². The van der Waals surface area contributed by atoms with Crippen LogP contribution >= 0.6 is 22.7 Å². The third-order valence-electron chi connectivity index (χ3n) is 2.17. The molecule has 0 aliphatic heterocycles. The van der Waals surface area contributed by atoms with Crippen LogP contribution in [0, 0.1) is 13.8 Å². The SMILES string of the molecule is CC(C)=Cc1sc2cc(C)sc2c1C. The standard InChI is InChI=1S/C12H14S2/c1-7(2)5-10-9(4)12-11(14-10)6-8(3)13-12/h5-6H,1-4H3. The number of fused-ring (bicyclic) bond motifs is 1. The van der Waals surface area contributed by atoms with E-state index < -0.39 is 0 Å². The predicted octanol–water partition coefficient (Wildman–Crippen LogP) is 5.00. The van der Waals surface area contributed by atoms with Gasteiger partial charge in [-0.15, -0.1) is 22.7 Å². The molecule has 2 aromatic rings. The van der Waals surface area contributed by atoms with Crippen molar-refractivity contribution in [3.05, 3.63) is 27.0 Å². The van der Waals surface area contributed by atoms with Crippen molar-refractivity contribution < 1.29 is 0 Å². The third-order valence-corrected chi connectivity index (χ3v) is 4.66. The van der Waals surface area contributed by atoms with Gasteiger partial charge < -0.3 is 0 Å². The summed E-state index contributed by atoms with van der Waals surface area (Å²) in [6.45, 7) is 8.71. The van der Waals surface area contributed by atoms with Gasteiger partial charge >= 0.3 is 0 Å². The van der Waals surface area contributed by atoms with Crippen molar-refractivity contribution >= 4 is 38.1 Å². The van der Waals surface area contributed by atoms with E-state index >= 15 is 0 Å². The lowest BCUT2D eigenvalue weighted by Gasteiger charge is -1.91. The van der Waals surface area contributed by atoms with Gasteiger partial charge in [0.05, 0.1) is 0 Å². The van der Waals surface area contributed by atoms with Gasteiger partial charge in [0, 0.05) is 19.2 Å². The molecule has 2 aromatic heterocycles. The first-order chi connectivity index (χ1) is 6.58. The van der Waals surface area contributed by atoms with Crippen molar-refractivity contribution in [2.75, 3.05) is 0 Å². The summed E-state index contributed by atoms with van der Waals surface area (Å²) in [4.78, 5) is 2.84. The van der Waals surface area contributed by atoms with E-state index in [1.807, 2.05) is 22.7 Å². The van der Waals surface area contributed by atoms with E-state index in [-0.39, 0.29) is 0 Å². The largest absolute Gasteiger partial charge is 0.139 e. The zero-order chi connectivity index (χ0) is 10.3. The maximum atomic E-state index is 2.29. The van der Waals surface area contributed by atoms with Crippen LogP contribution in [0.25, 0.3) is 15.5 Å². The highest BCUT2D eigenvalue weighted by atomic mass is 32.1. The molecule has 0 saturated heterocycles. The Labute approximate surface area is 92.9 Å². The molecule has 0 N–H and O–H groups in total. The lowest BCUT2D eigenvalue weighted by atomic mass is 10.2. The van der Waals surface area contributed by atoms with E-state index in [4.69, 9.17) is 0 Å².